The topological polar surface area (TPSA) is 57.8 Å². The lowest BCUT2D eigenvalue weighted by Gasteiger charge is -2.23. The first kappa shape index (κ1) is 14.7. The average molecular weight is 313 g/mol. The van der Waals surface area contributed by atoms with Crippen LogP contribution in [0.2, 0.25) is 0 Å². The Bertz CT molecular complexity index is 720. The zero-order valence-electron chi connectivity index (χ0n) is 13.3. The number of likely N-dealkylation sites (tertiary alicyclic amines) is 1. The fourth-order valence-corrected chi connectivity index (χ4v) is 3.71. The third kappa shape index (κ3) is 2.63. The normalized spacial score (nSPS) is 21.3. The maximum atomic E-state index is 13.1. The summed E-state index contributed by atoms with van der Waals surface area (Å²) in [7, 11) is 0. The summed E-state index contributed by atoms with van der Waals surface area (Å²) in [6, 6.07) is 6.21. The molecule has 1 N–H and O–H groups in total. The molecule has 4 rings (SSSR count). The summed E-state index contributed by atoms with van der Waals surface area (Å²) < 4.78 is 2.09. The quantitative estimate of drug-likeness (QED) is 0.923. The smallest absolute Gasteiger partial charge is 0.274 e. The molecule has 1 atom stereocenters. The lowest BCUT2D eigenvalue weighted by molar-refractivity contribution is 0.0721. The number of imidazole rings is 1. The zero-order chi connectivity index (χ0) is 15.8. The number of hydrogen-bond acceptors (Lipinski definition) is 3. The van der Waals surface area contributed by atoms with E-state index in [0.717, 1.165) is 43.6 Å². The van der Waals surface area contributed by atoms with Gasteiger partial charge in [-0.3, -0.25) is 4.79 Å². The second kappa shape index (κ2) is 5.96. The summed E-state index contributed by atoms with van der Waals surface area (Å²) in [5, 5.41) is 9.06. The van der Waals surface area contributed by atoms with Crippen molar-refractivity contribution in [3.63, 3.8) is 0 Å². The number of aliphatic hydroxyl groups is 1. The molecule has 2 aromatic rings. The molecule has 1 saturated heterocycles. The molecule has 2 fully saturated rings. The van der Waals surface area contributed by atoms with Crippen LogP contribution in [0.3, 0.4) is 0 Å². The van der Waals surface area contributed by atoms with Crippen molar-refractivity contribution in [1.82, 2.24) is 14.3 Å². The van der Waals surface area contributed by atoms with Crippen molar-refractivity contribution in [2.24, 2.45) is 0 Å². The molecule has 1 amide bonds. The van der Waals surface area contributed by atoms with Crippen LogP contribution in [0.25, 0.3) is 5.52 Å². The summed E-state index contributed by atoms with van der Waals surface area (Å²) in [5.74, 6) is 1.60. The molecule has 23 heavy (non-hydrogen) atoms. The molecule has 1 aliphatic carbocycles. The Hall–Kier alpha value is -1.88. The fourth-order valence-electron chi connectivity index (χ4n) is 3.71. The molecule has 5 heteroatoms. The zero-order valence-corrected chi connectivity index (χ0v) is 13.3. The highest BCUT2D eigenvalue weighted by molar-refractivity contribution is 5.99. The number of pyridine rings is 1. The largest absolute Gasteiger partial charge is 0.396 e. The lowest BCUT2D eigenvalue weighted by atomic mass is 10.1. The highest BCUT2D eigenvalue weighted by atomic mass is 16.3. The Balaban J connectivity index is 1.67. The molecule has 1 aliphatic heterocycles. The highest BCUT2D eigenvalue weighted by Crippen LogP contribution is 2.40. The molecule has 2 aliphatic rings. The summed E-state index contributed by atoms with van der Waals surface area (Å²) in [6.07, 6.45) is 8.07. The minimum absolute atomic E-state index is 0.0565. The van der Waals surface area contributed by atoms with Gasteiger partial charge in [0.15, 0.2) is 5.69 Å². The second-order valence-electron chi connectivity index (χ2n) is 6.71. The van der Waals surface area contributed by atoms with E-state index in [4.69, 9.17) is 10.1 Å². The Kier molecular flexibility index (Phi) is 3.81. The van der Waals surface area contributed by atoms with Gasteiger partial charge in [0.1, 0.15) is 5.82 Å². The van der Waals surface area contributed by atoms with E-state index in [1.54, 1.807) is 0 Å². The van der Waals surface area contributed by atoms with Gasteiger partial charge in [-0.2, -0.15) is 0 Å². The number of fused-ring (bicyclic) bond motifs is 1. The molecule has 0 radical (unpaired) electrons. The van der Waals surface area contributed by atoms with Gasteiger partial charge in [0, 0.05) is 31.3 Å². The first-order valence-electron chi connectivity index (χ1n) is 8.68. The van der Waals surface area contributed by atoms with Crippen LogP contribution in [0.15, 0.2) is 24.4 Å². The minimum Gasteiger partial charge on any atom is -0.396 e. The fraction of sp³-hybridized carbons (Fsp3) is 0.556. The van der Waals surface area contributed by atoms with Crippen molar-refractivity contribution in [3.05, 3.63) is 35.9 Å². The van der Waals surface area contributed by atoms with Gasteiger partial charge >= 0.3 is 0 Å². The number of hydrogen-bond donors (Lipinski definition) is 1. The molecule has 0 spiro atoms. The average Bonchev–Trinajstić information content (AvgIpc) is 3.19. The molecule has 0 aromatic carbocycles. The van der Waals surface area contributed by atoms with Crippen molar-refractivity contribution in [3.8, 4) is 0 Å². The minimum atomic E-state index is 0.0565. The van der Waals surface area contributed by atoms with Crippen LogP contribution in [-0.2, 0) is 0 Å². The Morgan fingerprint density at radius 3 is 2.96 bits per heavy atom. The number of aliphatic hydroxyl groups excluding tert-OH is 1. The molecule has 3 heterocycles. The van der Waals surface area contributed by atoms with E-state index in [0.29, 0.717) is 11.6 Å². The van der Waals surface area contributed by atoms with Crippen molar-refractivity contribution >= 4 is 11.4 Å². The summed E-state index contributed by atoms with van der Waals surface area (Å²) in [6.45, 7) is 0.997. The van der Waals surface area contributed by atoms with Crippen molar-refractivity contribution in [1.29, 1.82) is 0 Å². The summed E-state index contributed by atoms with van der Waals surface area (Å²) in [4.78, 5) is 19.8. The molecular weight excluding hydrogens is 290 g/mol. The maximum Gasteiger partial charge on any atom is 0.274 e. The van der Waals surface area contributed by atoms with Gasteiger partial charge in [-0.25, -0.2) is 4.98 Å². The van der Waals surface area contributed by atoms with Crippen LogP contribution in [0.1, 0.15) is 60.8 Å². The lowest BCUT2D eigenvalue weighted by Crippen LogP contribution is -2.36. The van der Waals surface area contributed by atoms with E-state index >= 15 is 0 Å². The third-order valence-corrected chi connectivity index (χ3v) is 5.05. The van der Waals surface area contributed by atoms with Gasteiger partial charge in [0.2, 0.25) is 0 Å². The number of rotatable bonds is 5. The summed E-state index contributed by atoms with van der Waals surface area (Å²) in [5.41, 5.74) is 1.52. The van der Waals surface area contributed by atoms with Gasteiger partial charge in [0.25, 0.3) is 5.91 Å². The number of nitrogens with zero attached hydrogens (tertiary/aromatic N) is 3. The molecule has 0 bridgehead atoms. The monoisotopic (exact) mass is 313 g/mol. The van der Waals surface area contributed by atoms with Crippen LogP contribution in [0, 0.1) is 0 Å². The molecule has 2 aromatic heterocycles. The second-order valence-corrected chi connectivity index (χ2v) is 6.71. The van der Waals surface area contributed by atoms with E-state index in [1.807, 2.05) is 29.3 Å². The van der Waals surface area contributed by atoms with Crippen molar-refractivity contribution < 1.29 is 9.90 Å². The standard InChI is InChI=1S/C18H23N3O2/c22-12-4-6-14-5-3-11-20(14)18(23)16-15-7-1-2-10-21(15)17(19-16)13-8-9-13/h1-2,7,10,13-14,22H,3-6,8-9,11-12H2. The van der Waals surface area contributed by atoms with Crippen LogP contribution >= 0.6 is 0 Å². The van der Waals surface area contributed by atoms with E-state index in [9.17, 15) is 4.79 Å². The van der Waals surface area contributed by atoms with Crippen molar-refractivity contribution in [2.45, 2.75) is 50.5 Å². The molecule has 122 valence electrons. The third-order valence-electron chi connectivity index (χ3n) is 5.05. The number of aromatic nitrogens is 2. The number of carbonyl (C=O) groups excluding carboxylic acids is 1. The molecule has 5 nitrogen and oxygen atoms in total. The van der Waals surface area contributed by atoms with E-state index in [-0.39, 0.29) is 18.6 Å². The van der Waals surface area contributed by atoms with Gasteiger partial charge in [-0.15, -0.1) is 0 Å². The summed E-state index contributed by atoms with van der Waals surface area (Å²) >= 11 is 0. The van der Waals surface area contributed by atoms with Crippen LogP contribution < -0.4 is 0 Å². The Labute approximate surface area is 135 Å². The Morgan fingerprint density at radius 1 is 1.30 bits per heavy atom. The highest BCUT2D eigenvalue weighted by Gasteiger charge is 2.34. The SMILES string of the molecule is O=C(c1nc(C2CC2)n2ccccc12)N1CCCC1CCCO. The molecular formula is C18H23N3O2. The Morgan fingerprint density at radius 2 is 2.17 bits per heavy atom. The van der Waals surface area contributed by atoms with Crippen LogP contribution in [-0.4, -0.2) is 44.5 Å². The number of amides is 1. The first-order valence-corrected chi connectivity index (χ1v) is 8.68. The predicted octanol–water partition coefficient (Wildman–Crippen LogP) is 2.59. The maximum absolute atomic E-state index is 13.1. The van der Waals surface area contributed by atoms with Crippen molar-refractivity contribution in [2.75, 3.05) is 13.2 Å². The predicted molar refractivity (Wildman–Crippen MR) is 87.5 cm³/mol. The van der Waals surface area contributed by atoms with E-state index < -0.39 is 0 Å². The molecule has 1 saturated carbocycles. The van der Waals surface area contributed by atoms with Gasteiger partial charge < -0.3 is 14.4 Å². The van der Waals surface area contributed by atoms with E-state index in [1.165, 1.54) is 12.8 Å². The molecule has 1 unspecified atom stereocenters. The van der Waals surface area contributed by atoms with Gasteiger partial charge in [0.05, 0.1) is 5.52 Å². The van der Waals surface area contributed by atoms with Crippen LogP contribution in [0.5, 0.6) is 0 Å². The van der Waals surface area contributed by atoms with Gasteiger partial charge in [-0.1, -0.05) is 6.07 Å². The van der Waals surface area contributed by atoms with Crippen LogP contribution in [0.4, 0.5) is 0 Å². The van der Waals surface area contributed by atoms with E-state index in [2.05, 4.69) is 4.40 Å². The first-order chi connectivity index (χ1) is 11.3. The van der Waals surface area contributed by atoms with Gasteiger partial charge in [-0.05, 0) is 50.7 Å². The number of carbonyl (C=O) groups is 1.